The van der Waals surface area contributed by atoms with Gasteiger partial charge in [0.2, 0.25) is 0 Å². The molecule has 4 aromatic rings. The summed E-state index contributed by atoms with van der Waals surface area (Å²) in [7, 11) is 0. The van der Waals surface area contributed by atoms with Crippen molar-refractivity contribution in [2.24, 2.45) is 0 Å². The van der Waals surface area contributed by atoms with Gasteiger partial charge in [-0.05, 0) is 0 Å². The van der Waals surface area contributed by atoms with Crippen molar-refractivity contribution in [2.75, 3.05) is 0 Å². The molecule has 0 aliphatic heterocycles. The van der Waals surface area contributed by atoms with Crippen LogP contribution in [0.2, 0.25) is 29.6 Å². The molecule has 0 saturated carbocycles. The third-order valence-electron chi connectivity index (χ3n) is 10.4. The SMILES string of the molecule is CCCCCCCCCCCCC(CCCCCCCCCCC)c1cc2c3c[c]([Sn]([CH3])([CH3])[CH3])sc3c3s[c]([Sn]([CH3])([CH3])[CH3])cc3c2s1. The standard InChI is InChI=1S/C36H52S3.6CH3.2Sn/c1-3-5-7-9-11-13-15-17-19-21-23-29(22-20-18-16-14-12-10-8-6-4-2)33-28-32-30-24-26-37-35(30)36-31(25-27-38-36)34(32)39-33;;;;;;;;/h24-25,28-29H,3-23H2,1-2H3;6*1H3;;. The molecule has 1 unspecified atom stereocenters. The van der Waals surface area contributed by atoms with Crippen molar-refractivity contribution < 1.29 is 0 Å². The summed E-state index contributed by atoms with van der Waals surface area (Å²) in [4.78, 5) is 17.3. The number of unbranched alkanes of at least 4 members (excludes halogenated alkanes) is 17. The first kappa shape index (κ1) is 40.5. The van der Waals surface area contributed by atoms with E-state index in [4.69, 9.17) is 0 Å². The Morgan fingerprint density at radius 2 is 0.787 bits per heavy atom. The average molecular weight is 909 g/mol. The van der Waals surface area contributed by atoms with Crippen LogP contribution >= 0.6 is 34.0 Å². The van der Waals surface area contributed by atoms with Crippen molar-refractivity contribution >= 4 is 107 Å². The van der Waals surface area contributed by atoms with E-state index < -0.39 is 36.8 Å². The van der Waals surface area contributed by atoms with Crippen LogP contribution in [0.5, 0.6) is 0 Å². The number of thiophene rings is 3. The molecule has 0 amide bonds. The summed E-state index contributed by atoms with van der Waals surface area (Å²) in [5, 5.41) is 4.80. The summed E-state index contributed by atoms with van der Waals surface area (Å²) in [6.45, 7) is 4.65. The molecule has 1 atom stereocenters. The Kier molecular flexibility index (Phi) is 17.3. The fourth-order valence-corrected chi connectivity index (χ4v) is 21.6. The fraction of sp³-hybridized carbons (Fsp3) is 0.714. The third-order valence-corrected chi connectivity index (χ3v) is 33.0. The van der Waals surface area contributed by atoms with Gasteiger partial charge in [-0.1, -0.05) is 84.5 Å². The summed E-state index contributed by atoms with van der Waals surface area (Å²) >= 11 is 2.20. The van der Waals surface area contributed by atoms with E-state index in [0.29, 0.717) is 0 Å². The number of hydrogen-bond acceptors (Lipinski definition) is 3. The molecule has 0 N–H and O–H groups in total. The predicted molar refractivity (Wildman–Crippen MR) is 230 cm³/mol. The van der Waals surface area contributed by atoms with Gasteiger partial charge in [-0.15, -0.1) is 0 Å². The van der Waals surface area contributed by atoms with Gasteiger partial charge >= 0.3 is 230 Å². The molecule has 0 radical (unpaired) electrons. The molecule has 0 spiro atoms. The van der Waals surface area contributed by atoms with Crippen molar-refractivity contribution in [1.29, 1.82) is 0 Å². The molecule has 5 heteroatoms. The van der Waals surface area contributed by atoms with Gasteiger partial charge in [0.05, 0.1) is 0 Å². The second-order valence-corrected chi connectivity index (χ2v) is 50.9. The maximum atomic E-state index is 2.71. The molecule has 0 aliphatic rings. The summed E-state index contributed by atoms with van der Waals surface area (Å²) in [6, 6.07) is 8.06. The maximum absolute atomic E-state index is 2.71. The summed E-state index contributed by atoms with van der Waals surface area (Å²) in [6.07, 6.45) is 30.0. The monoisotopic (exact) mass is 910 g/mol. The first-order valence-corrected chi connectivity index (χ1v) is 42.4. The Morgan fingerprint density at radius 1 is 0.426 bits per heavy atom. The van der Waals surface area contributed by atoms with E-state index in [-0.39, 0.29) is 0 Å². The van der Waals surface area contributed by atoms with Crippen molar-refractivity contribution in [3.63, 3.8) is 0 Å². The molecule has 0 aliphatic carbocycles. The molecule has 47 heavy (non-hydrogen) atoms. The van der Waals surface area contributed by atoms with Crippen molar-refractivity contribution in [2.45, 2.75) is 184 Å². The Hall–Kier alpha value is 0.697. The molecule has 0 saturated heterocycles. The van der Waals surface area contributed by atoms with Gasteiger partial charge in [0, 0.05) is 0 Å². The molecule has 1 aromatic carbocycles. The van der Waals surface area contributed by atoms with Crippen molar-refractivity contribution in [3.8, 4) is 0 Å². The van der Waals surface area contributed by atoms with E-state index >= 15 is 0 Å². The van der Waals surface area contributed by atoms with Crippen LogP contribution in [0.1, 0.15) is 159 Å². The van der Waals surface area contributed by atoms with E-state index in [9.17, 15) is 0 Å². The molecule has 0 fully saturated rings. The quantitative estimate of drug-likeness (QED) is 0.0485. The van der Waals surface area contributed by atoms with E-state index in [1.807, 2.05) is 0 Å². The fourth-order valence-electron chi connectivity index (χ4n) is 7.25. The van der Waals surface area contributed by atoms with Gasteiger partial charge in [0.15, 0.2) is 0 Å². The predicted octanol–water partition coefficient (Wildman–Crippen LogP) is 15.7. The second-order valence-electron chi connectivity index (χ2n) is 16.9. The molecule has 0 nitrogen and oxygen atoms in total. The molecular weight excluding hydrogens is 838 g/mol. The Balaban J connectivity index is 1.52. The van der Waals surface area contributed by atoms with E-state index in [1.54, 1.807) is 40.9 Å². The van der Waals surface area contributed by atoms with Crippen LogP contribution in [0.4, 0.5) is 0 Å². The number of fused-ring (bicyclic) bond motifs is 6. The van der Waals surface area contributed by atoms with E-state index in [2.05, 4.69) is 95.7 Å². The molecule has 3 aromatic heterocycles. The zero-order valence-corrected chi connectivity index (χ0v) is 40.0. The first-order valence-electron chi connectivity index (χ1n) is 20.0. The third kappa shape index (κ3) is 12.1. The van der Waals surface area contributed by atoms with Gasteiger partial charge in [-0.2, -0.15) is 0 Å². The minimum absolute atomic E-state index is 0.746. The van der Waals surface area contributed by atoms with Crippen LogP contribution in [-0.4, -0.2) is 36.8 Å². The number of rotatable bonds is 24. The van der Waals surface area contributed by atoms with Crippen LogP contribution in [-0.2, 0) is 0 Å². The Bertz CT molecular complexity index is 1390. The Morgan fingerprint density at radius 3 is 1.21 bits per heavy atom. The van der Waals surface area contributed by atoms with Gasteiger partial charge in [-0.25, -0.2) is 0 Å². The van der Waals surface area contributed by atoms with Gasteiger partial charge in [0.25, 0.3) is 0 Å². The summed E-state index contributed by atoms with van der Waals surface area (Å²) in [5.74, 6) is 0.746. The Labute approximate surface area is 311 Å². The van der Waals surface area contributed by atoms with Crippen LogP contribution in [0, 0.1) is 0 Å². The summed E-state index contributed by atoms with van der Waals surface area (Å²) < 4.78 is 8.37. The van der Waals surface area contributed by atoms with Crippen LogP contribution in [0.15, 0.2) is 18.2 Å². The second kappa shape index (κ2) is 20.1. The average Bonchev–Trinajstić information content (AvgIpc) is 3.76. The van der Waals surface area contributed by atoms with Crippen molar-refractivity contribution in [1.82, 2.24) is 0 Å². The van der Waals surface area contributed by atoms with Crippen LogP contribution < -0.4 is 5.79 Å². The van der Waals surface area contributed by atoms with E-state index in [1.165, 1.54) is 135 Å². The van der Waals surface area contributed by atoms with Crippen LogP contribution in [0.25, 0.3) is 30.3 Å². The topological polar surface area (TPSA) is 0 Å². The molecule has 264 valence electrons. The number of hydrogen-bond donors (Lipinski definition) is 0. The van der Waals surface area contributed by atoms with Gasteiger partial charge in [0.1, 0.15) is 0 Å². The summed E-state index contributed by atoms with van der Waals surface area (Å²) in [5.41, 5.74) is 0. The zero-order valence-electron chi connectivity index (χ0n) is 31.9. The van der Waals surface area contributed by atoms with Gasteiger partial charge < -0.3 is 0 Å². The van der Waals surface area contributed by atoms with Crippen LogP contribution in [0.3, 0.4) is 0 Å². The normalized spacial score (nSPS) is 13.5. The van der Waals surface area contributed by atoms with Crippen molar-refractivity contribution in [3.05, 3.63) is 23.1 Å². The van der Waals surface area contributed by atoms with E-state index in [0.717, 1.165) is 5.92 Å². The first-order chi connectivity index (χ1) is 22.5. The molecule has 0 bridgehead atoms. The molecule has 3 heterocycles. The number of benzene rings is 1. The molecular formula is C42H70S3Sn2. The van der Waals surface area contributed by atoms with Gasteiger partial charge in [-0.3, -0.25) is 0 Å². The molecule has 4 rings (SSSR count). The zero-order chi connectivity index (χ0) is 33.9. The minimum atomic E-state index is -2.18.